The number of nitrogens with zero attached hydrogens (tertiary/aromatic N) is 1. The first kappa shape index (κ1) is 16.5. The number of hydrogen-bond donors (Lipinski definition) is 0. The Morgan fingerprint density at radius 1 is 1.14 bits per heavy atom. The standard InChI is InChI=1S/C23H29NO4/c1-25-18-5-4-15-12-17-16-6-7-23(26-10-11-27-23)21-22(16,19(15)20(18)28-21)8-9-24(17)13-14-2-3-14/h4-5,14,16-17,21H,2-3,6-13H2,1H3/t16?,17-,21-,22+/m0/s1. The van der Waals surface area contributed by atoms with E-state index >= 15 is 0 Å². The van der Waals surface area contributed by atoms with E-state index in [1.54, 1.807) is 7.11 Å². The summed E-state index contributed by atoms with van der Waals surface area (Å²) in [7, 11) is 1.75. The summed E-state index contributed by atoms with van der Waals surface area (Å²) >= 11 is 0. The molecule has 2 spiro atoms. The minimum Gasteiger partial charge on any atom is -0.493 e. The molecule has 0 amide bonds. The van der Waals surface area contributed by atoms with Crippen molar-refractivity contribution >= 4 is 0 Å². The van der Waals surface area contributed by atoms with E-state index in [1.165, 1.54) is 43.5 Å². The van der Waals surface area contributed by atoms with Gasteiger partial charge in [0.05, 0.1) is 20.3 Å². The molecule has 3 aliphatic carbocycles. The molecule has 0 radical (unpaired) electrons. The van der Waals surface area contributed by atoms with Gasteiger partial charge in [-0.2, -0.15) is 0 Å². The fraction of sp³-hybridized carbons (Fsp3) is 0.739. The lowest BCUT2D eigenvalue weighted by atomic mass is 9.50. The quantitative estimate of drug-likeness (QED) is 0.803. The molecule has 28 heavy (non-hydrogen) atoms. The molecule has 0 N–H and O–H groups in total. The first-order valence-electron chi connectivity index (χ1n) is 11.1. The van der Waals surface area contributed by atoms with Crippen LogP contribution in [0.4, 0.5) is 0 Å². The SMILES string of the molecule is COc1ccc2c3c1O[C@@H]1C4(CCC5[C@H](C2)N(CC2CC2)CC[C@]351)OCCO4. The van der Waals surface area contributed by atoms with Gasteiger partial charge in [-0.25, -0.2) is 0 Å². The molecule has 1 aromatic rings. The van der Waals surface area contributed by atoms with Gasteiger partial charge in [-0.15, -0.1) is 0 Å². The van der Waals surface area contributed by atoms with Crippen molar-refractivity contribution in [2.75, 3.05) is 33.4 Å². The second-order valence-electron chi connectivity index (χ2n) is 9.78. The molecular formula is C23H29NO4. The van der Waals surface area contributed by atoms with Gasteiger partial charge in [-0.1, -0.05) is 6.07 Å². The summed E-state index contributed by atoms with van der Waals surface area (Å²) in [4.78, 5) is 2.82. The number of ether oxygens (including phenoxy) is 4. The van der Waals surface area contributed by atoms with Gasteiger partial charge >= 0.3 is 0 Å². The van der Waals surface area contributed by atoms with Gasteiger partial charge in [0.15, 0.2) is 17.6 Å². The zero-order chi connectivity index (χ0) is 18.5. The molecule has 0 aromatic heterocycles. The highest BCUT2D eigenvalue weighted by atomic mass is 16.8. The summed E-state index contributed by atoms with van der Waals surface area (Å²) in [6, 6.07) is 5.03. The predicted octanol–water partition coefficient (Wildman–Crippen LogP) is 2.89. The summed E-state index contributed by atoms with van der Waals surface area (Å²) in [5, 5.41) is 0. The fourth-order valence-electron chi connectivity index (χ4n) is 7.37. The van der Waals surface area contributed by atoms with Gasteiger partial charge < -0.3 is 18.9 Å². The van der Waals surface area contributed by atoms with E-state index in [4.69, 9.17) is 18.9 Å². The minimum absolute atomic E-state index is 0.0186. The molecule has 4 atom stereocenters. The van der Waals surface area contributed by atoms with Crippen LogP contribution in [0.25, 0.3) is 0 Å². The maximum absolute atomic E-state index is 6.77. The van der Waals surface area contributed by atoms with Crippen molar-refractivity contribution in [3.05, 3.63) is 23.3 Å². The van der Waals surface area contributed by atoms with Gasteiger partial charge in [-0.3, -0.25) is 4.90 Å². The molecule has 1 aromatic carbocycles. The Hall–Kier alpha value is -1.30. The normalized spacial score (nSPS) is 39.7. The van der Waals surface area contributed by atoms with Gasteiger partial charge in [0, 0.05) is 30.0 Å². The Morgan fingerprint density at radius 3 is 2.79 bits per heavy atom. The lowest BCUT2D eigenvalue weighted by molar-refractivity contribution is -0.261. The average molecular weight is 383 g/mol. The lowest BCUT2D eigenvalue weighted by Crippen LogP contribution is -2.70. The largest absolute Gasteiger partial charge is 0.493 e. The van der Waals surface area contributed by atoms with Crippen LogP contribution < -0.4 is 9.47 Å². The molecule has 4 fully saturated rings. The van der Waals surface area contributed by atoms with Crippen molar-refractivity contribution in [1.82, 2.24) is 4.90 Å². The zero-order valence-electron chi connectivity index (χ0n) is 16.6. The molecule has 3 heterocycles. The molecule has 6 aliphatic rings. The van der Waals surface area contributed by atoms with E-state index in [0.717, 1.165) is 36.7 Å². The maximum Gasteiger partial charge on any atom is 0.206 e. The second kappa shape index (κ2) is 5.44. The topological polar surface area (TPSA) is 40.2 Å². The smallest absolute Gasteiger partial charge is 0.206 e. The van der Waals surface area contributed by atoms with Crippen LogP contribution in [-0.4, -0.2) is 56.2 Å². The molecule has 1 unspecified atom stereocenters. The summed E-state index contributed by atoms with van der Waals surface area (Å²) in [5.41, 5.74) is 2.92. The predicted molar refractivity (Wildman–Crippen MR) is 103 cm³/mol. The summed E-state index contributed by atoms with van der Waals surface area (Å²) in [5.74, 6) is 2.84. The van der Waals surface area contributed by atoms with Crippen molar-refractivity contribution in [3.8, 4) is 11.5 Å². The monoisotopic (exact) mass is 383 g/mol. The number of hydrogen-bond acceptors (Lipinski definition) is 5. The van der Waals surface area contributed by atoms with Gasteiger partial charge in [0.25, 0.3) is 0 Å². The molecule has 5 heteroatoms. The highest BCUT2D eigenvalue weighted by Gasteiger charge is 2.71. The highest BCUT2D eigenvalue weighted by molar-refractivity contribution is 5.61. The van der Waals surface area contributed by atoms with Crippen molar-refractivity contribution in [1.29, 1.82) is 0 Å². The number of methoxy groups -OCH3 is 1. The van der Waals surface area contributed by atoms with Crippen LogP contribution >= 0.6 is 0 Å². The number of likely N-dealkylation sites (tertiary alicyclic amines) is 1. The molecule has 5 nitrogen and oxygen atoms in total. The number of fused-ring (bicyclic) bond motifs is 1. The van der Waals surface area contributed by atoms with Crippen LogP contribution in [0.3, 0.4) is 0 Å². The molecule has 3 aliphatic heterocycles. The van der Waals surface area contributed by atoms with E-state index in [2.05, 4.69) is 17.0 Å². The Kier molecular flexibility index (Phi) is 3.20. The lowest BCUT2D eigenvalue weighted by Gasteiger charge is -2.61. The average Bonchev–Trinajstić information content (AvgIpc) is 3.28. The number of rotatable bonds is 3. The van der Waals surface area contributed by atoms with E-state index in [-0.39, 0.29) is 11.5 Å². The van der Waals surface area contributed by atoms with Crippen LogP contribution in [0.1, 0.15) is 43.2 Å². The number of piperidine rings is 1. The third-order valence-electron chi connectivity index (χ3n) is 8.60. The van der Waals surface area contributed by atoms with Crippen LogP contribution in [-0.2, 0) is 21.3 Å². The summed E-state index contributed by atoms with van der Waals surface area (Å²) in [6.07, 6.45) is 7.22. The van der Waals surface area contributed by atoms with Gasteiger partial charge in [0.2, 0.25) is 5.79 Å². The van der Waals surface area contributed by atoms with Crippen LogP contribution in [0.2, 0.25) is 0 Å². The molecular weight excluding hydrogens is 354 g/mol. The van der Waals surface area contributed by atoms with Gasteiger partial charge in [-0.05, 0) is 62.1 Å². The third-order valence-corrected chi connectivity index (χ3v) is 8.60. The van der Waals surface area contributed by atoms with Crippen LogP contribution in [0, 0.1) is 11.8 Å². The van der Waals surface area contributed by atoms with E-state index in [9.17, 15) is 0 Å². The Bertz CT molecular complexity index is 830. The number of benzene rings is 1. The van der Waals surface area contributed by atoms with Crippen LogP contribution in [0.15, 0.2) is 12.1 Å². The molecule has 2 bridgehead atoms. The van der Waals surface area contributed by atoms with E-state index in [1.807, 2.05) is 0 Å². The Morgan fingerprint density at radius 2 is 2.00 bits per heavy atom. The van der Waals surface area contributed by atoms with Crippen molar-refractivity contribution < 1.29 is 18.9 Å². The highest BCUT2D eigenvalue weighted by Crippen LogP contribution is 2.66. The van der Waals surface area contributed by atoms with Crippen LogP contribution in [0.5, 0.6) is 11.5 Å². The molecule has 7 rings (SSSR count). The fourth-order valence-corrected chi connectivity index (χ4v) is 7.37. The summed E-state index contributed by atoms with van der Waals surface area (Å²) in [6.45, 7) is 3.82. The van der Waals surface area contributed by atoms with E-state index in [0.29, 0.717) is 25.2 Å². The van der Waals surface area contributed by atoms with E-state index < -0.39 is 5.79 Å². The van der Waals surface area contributed by atoms with Crippen molar-refractivity contribution in [2.24, 2.45) is 11.8 Å². The second-order valence-corrected chi connectivity index (χ2v) is 9.78. The summed E-state index contributed by atoms with van der Waals surface area (Å²) < 4.78 is 25.1. The Labute approximate surface area is 166 Å². The van der Waals surface area contributed by atoms with Gasteiger partial charge in [0.1, 0.15) is 0 Å². The van der Waals surface area contributed by atoms with Crippen molar-refractivity contribution in [3.63, 3.8) is 0 Å². The Balaban J connectivity index is 1.41. The first-order chi connectivity index (χ1) is 13.7. The molecule has 2 saturated heterocycles. The molecule has 2 saturated carbocycles. The first-order valence-corrected chi connectivity index (χ1v) is 11.1. The minimum atomic E-state index is -0.571. The third kappa shape index (κ3) is 1.89. The molecule has 150 valence electrons. The zero-order valence-corrected chi connectivity index (χ0v) is 16.6. The van der Waals surface area contributed by atoms with Crippen molar-refractivity contribution in [2.45, 2.75) is 61.9 Å². The maximum atomic E-state index is 6.77.